The van der Waals surface area contributed by atoms with E-state index in [2.05, 4.69) is 20.4 Å². The van der Waals surface area contributed by atoms with Gasteiger partial charge in [-0.2, -0.15) is 0 Å². The van der Waals surface area contributed by atoms with E-state index >= 15 is 0 Å². The molecule has 1 amide bonds. The first-order valence-corrected chi connectivity index (χ1v) is 5.48. The molecule has 3 nitrogen and oxygen atoms in total. The normalized spacial score (nSPS) is 11.2. The molecular formula is C12H24N2O. The fourth-order valence-electron chi connectivity index (χ4n) is 1.45. The van der Waals surface area contributed by atoms with Crippen LogP contribution in [0.4, 0.5) is 0 Å². The largest absolute Gasteiger partial charge is 0.342 e. The molecule has 0 aliphatic rings. The van der Waals surface area contributed by atoms with Gasteiger partial charge in [-0.15, -0.1) is 6.58 Å². The van der Waals surface area contributed by atoms with Crippen molar-refractivity contribution in [3.8, 4) is 0 Å². The Kier molecular flexibility index (Phi) is 6.25. The number of nitrogens with two attached hydrogens (primary N) is 1. The van der Waals surface area contributed by atoms with Crippen molar-refractivity contribution >= 4 is 5.91 Å². The van der Waals surface area contributed by atoms with Crippen molar-refractivity contribution in [2.45, 2.75) is 33.1 Å². The van der Waals surface area contributed by atoms with Crippen molar-refractivity contribution in [3.05, 3.63) is 12.7 Å². The summed E-state index contributed by atoms with van der Waals surface area (Å²) < 4.78 is 0. The minimum atomic E-state index is 0.166. The van der Waals surface area contributed by atoms with Gasteiger partial charge in [-0.1, -0.05) is 19.9 Å². The quantitative estimate of drug-likeness (QED) is 0.654. The maximum absolute atomic E-state index is 11.6. The standard InChI is InChI=1S/C12H24N2O/c1-5-10-14(4)11(15)6-7-12(2,3)8-9-13/h5H,1,6-10,13H2,2-4H3. The minimum Gasteiger partial charge on any atom is -0.342 e. The van der Waals surface area contributed by atoms with E-state index in [0.29, 0.717) is 19.5 Å². The van der Waals surface area contributed by atoms with Gasteiger partial charge >= 0.3 is 0 Å². The number of carbonyl (C=O) groups is 1. The summed E-state index contributed by atoms with van der Waals surface area (Å²) in [5.74, 6) is 0.181. The molecule has 0 saturated carbocycles. The van der Waals surface area contributed by atoms with Gasteiger partial charge in [0.25, 0.3) is 0 Å². The van der Waals surface area contributed by atoms with E-state index in [9.17, 15) is 4.79 Å². The number of rotatable bonds is 7. The fraction of sp³-hybridized carbons (Fsp3) is 0.750. The smallest absolute Gasteiger partial charge is 0.222 e. The molecule has 88 valence electrons. The van der Waals surface area contributed by atoms with Crippen LogP contribution >= 0.6 is 0 Å². The van der Waals surface area contributed by atoms with Crippen LogP contribution in [-0.4, -0.2) is 30.9 Å². The van der Waals surface area contributed by atoms with Gasteiger partial charge in [0.1, 0.15) is 0 Å². The Bertz CT molecular complexity index is 212. The molecular weight excluding hydrogens is 188 g/mol. The number of hydrogen-bond acceptors (Lipinski definition) is 2. The molecule has 0 fully saturated rings. The highest BCUT2D eigenvalue weighted by Crippen LogP contribution is 2.26. The van der Waals surface area contributed by atoms with Crippen LogP contribution in [0.1, 0.15) is 33.1 Å². The lowest BCUT2D eigenvalue weighted by atomic mass is 9.84. The molecule has 0 rings (SSSR count). The van der Waals surface area contributed by atoms with E-state index in [0.717, 1.165) is 12.8 Å². The average molecular weight is 212 g/mol. The van der Waals surface area contributed by atoms with E-state index < -0.39 is 0 Å². The zero-order valence-electron chi connectivity index (χ0n) is 10.3. The van der Waals surface area contributed by atoms with E-state index in [1.807, 2.05) is 0 Å². The molecule has 0 spiro atoms. The molecule has 3 heteroatoms. The summed E-state index contributed by atoms with van der Waals surface area (Å²) in [5, 5.41) is 0. The summed E-state index contributed by atoms with van der Waals surface area (Å²) in [7, 11) is 1.81. The molecule has 0 atom stereocenters. The Labute approximate surface area is 93.3 Å². The van der Waals surface area contributed by atoms with Gasteiger partial charge in [0, 0.05) is 20.0 Å². The molecule has 2 N–H and O–H groups in total. The Morgan fingerprint density at radius 1 is 1.47 bits per heavy atom. The predicted molar refractivity (Wildman–Crippen MR) is 64.5 cm³/mol. The Morgan fingerprint density at radius 2 is 2.07 bits per heavy atom. The lowest BCUT2D eigenvalue weighted by Crippen LogP contribution is -2.28. The average Bonchev–Trinajstić information content (AvgIpc) is 2.14. The molecule has 0 heterocycles. The van der Waals surface area contributed by atoms with Crippen LogP contribution in [0.2, 0.25) is 0 Å². The van der Waals surface area contributed by atoms with Gasteiger partial charge in [-0.05, 0) is 24.8 Å². The summed E-state index contributed by atoms with van der Waals surface area (Å²) in [5.41, 5.74) is 5.69. The zero-order valence-corrected chi connectivity index (χ0v) is 10.3. The first-order valence-electron chi connectivity index (χ1n) is 5.48. The second-order valence-corrected chi connectivity index (χ2v) is 4.77. The maximum atomic E-state index is 11.6. The monoisotopic (exact) mass is 212 g/mol. The third-order valence-corrected chi connectivity index (χ3v) is 2.67. The van der Waals surface area contributed by atoms with Crippen LogP contribution in [0.25, 0.3) is 0 Å². The van der Waals surface area contributed by atoms with Crippen molar-refractivity contribution in [2.24, 2.45) is 11.1 Å². The summed E-state index contributed by atoms with van der Waals surface area (Å²) in [6, 6.07) is 0. The van der Waals surface area contributed by atoms with Gasteiger partial charge in [-0.25, -0.2) is 0 Å². The zero-order chi connectivity index (χ0) is 11.9. The van der Waals surface area contributed by atoms with E-state index in [-0.39, 0.29) is 11.3 Å². The Morgan fingerprint density at radius 3 is 2.53 bits per heavy atom. The molecule has 0 aliphatic carbocycles. The van der Waals surface area contributed by atoms with Crippen LogP contribution in [0.3, 0.4) is 0 Å². The summed E-state index contributed by atoms with van der Waals surface area (Å²) >= 11 is 0. The summed E-state index contributed by atoms with van der Waals surface area (Å²) in [6.45, 7) is 9.22. The number of amides is 1. The second kappa shape index (κ2) is 6.62. The summed E-state index contributed by atoms with van der Waals surface area (Å²) in [6.07, 6.45) is 4.19. The van der Waals surface area contributed by atoms with E-state index in [1.165, 1.54) is 0 Å². The minimum absolute atomic E-state index is 0.166. The lowest BCUT2D eigenvalue weighted by Gasteiger charge is -2.24. The van der Waals surface area contributed by atoms with Crippen molar-refractivity contribution in [1.29, 1.82) is 0 Å². The maximum Gasteiger partial charge on any atom is 0.222 e. The van der Waals surface area contributed by atoms with Crippen LogP contribution < -0.4 is 5.73 Å². The number of likely N-dealkylation sites (N-methyl/N-ethyl adjacent to an activating group) is 1. The number of carbonyl (C=O) groups excluding carboxylic acids is 1. The predicted octanol–water partition coefficient (Wildman–Crippen LogP) is 1.79. The van der Waals surface area contributed by atoms with Crippen LogP contribution in [0, 0.1) is 5.41 Å². The van der Waals surface area contributed by atoms with Gasteiger partial charge in [0.2, 0.25) is 5.91 Å². The van der Waals surface area contributed by atoms with Crippen molar-refractivity contribution in [3.63, 3.8) is 0 Å². The summed E-state index contributed by atoms with van der Waals surface area (Å²) in [4.78, 5) is 13.3. The van der Waals surface area contributed by atoms with Gasteiger partial charge in [0.05, 0.1) is 0 Å². The van der Waals surface area contributed by atoms with Gasteiger partial charge in [0.15, 0.2) is 0 Å². The molecule has 0 aromatic carbocycles. The fourth-order valence-corrected chi connectivity index (χ4v) is 1.45. The van der Waals surface area contributed by atoms with Crippen molar-refractivity contribution in [1.82, 2.24) is 4.90 Å². The van der Waals surface area contributed by atoms with Crippen molar-refractivity contribution in [2.75, 3.05) is 20.1 Å². The molecule has 15 heavy (non-hydrogen) atoms. The van der Waals surface area contributed by atoms with Crippen LogP contribution in [0.5, 0.6) is 0 Å². The molecule has 0 aromatic rings. The SMILES string of the molecule is C=CCN(C)C(=O)CCC(C)(C)CCN. The third-order valence-electron chi connectivity index (χ3n) is 2.67. The second-order valence-electron chi connectivity index (χ2n) is 4.77. The highest BCUT2D eigenvalue weighted by Gasteiger charge is 2.19. The molecule has 0 bridgehead atoms. The third kappa shape index (κ3) is 6.28. The van der Waals surface area contributed by atoms with E-state index in [4.69, 9.17) is 5.73 Å². The highest BCUT2D eigenvalue weighted by molar-refractivity contribution is 5.76. The number of nitrogens with zero attached hydrogens (tertiary/aromatic N) is 1. The Balaban J connectivity index is 3.93. The van der Waals surface area contributed by atoms with Crippen LogP contribution in [-0.2, 0) is 4.79 Å². The molecule has 0 aliphatic heterocycles. The first-order chi connectivity index (χ1) is 6.93. The highest BCUT2D eigenvalue weighted by atomic mass is 16.2. The molecule has 0 aromatic heterocycles. The molecule has 0 radical (unpaired) electrons. The number of hydrogen-bond donors (Lipinski definition) is 1. The van der Waals surface area contributed by atoms with Crippen molar-refractivity contribution < 1.29 is 4.79 Å². The molecule has 0 saturated heterocycles. The first kappa shape index (κ1) is 14.2. The topological polar surface area (TPSA) is 46.3 Å². The Hall–Kier alpha value is -0.830. The van der Waals surface area contributed by atoms with E-state index in [1.54, 1.807) is 18.0 Å². The van der Waals surface area contributed by atoms with Gasteiger partial charge < -0.3 is 10.6 Å². The molecule has 0 unspecified atom stereocenters. The van der Waals surface area contributed by atoms with Gasteiger partial charge in [-0.3, -0.25) is 4.79 Å². The van der Waals surface area contributed by atoms with Crippen LogP contribution in [0.15, 0.2) is 12.7 Å². The lowest BCUT2D eigenvalue weighted by molar-refractivity contribution is -0.130.